The van der Waals surface area contributed by atoms with Crippen molar-refractivity contribution in [2.75, 3.05) is 0 Å². The van der Waals surface area contributed by atoms with Crippen LogP contribution in [0.2, 0.25) is 0 Å². The van der Waals surface area contributed by atoms with Gasteiger partial charge >= 0.3 is 0 Å². The summed E-state index contributed by atoms with van der Waals surface area (Å²) in [6.07, 6.45) is 15.6. The fraction of sp³-hybridized carbons (Fsp3) is 0.750. The first-order valence-electron chi connectivity index (χ1n) is 11.3. The predicted octanol–water partition coefficient (Wildman–Crippen LogP) is 4.77. The van der Waals surface area contributed by atoms with Gasteiger partial charge in [-0.2, -0.15) is 15.0 Å². The van der Waals surface area contributed by atoms with Crippen molar-refractivity contribution >= 4 is 0 Å². The topological polar surface area (TPSA) is 50.9 Å². The molecule has 4 nitrogen and oxygen atoms in total. The summed E-state index contributed by atoms with van der Waals surface area (Å²) in [5.74, 6) is 3.82. The van der Waals surface area contributed by atoms with E-state index in [1.54, 1.807) is 22.8 Å². The van der Waals surface area contributed by atoms with Gasteiger partial charge in [0, 0.05) is 0 Å². The standard InChI is InChI=1S/C24H35N3O/c1-16(15-27-25-12-13-26-27)21-6-7-22-20-5-4-17-14-23(2,28)10-8-18(17)19(20)9-11-24(21,22)3/h4,12-13,18-22,28H,1,5-11,14-15H2,2-3H3/t18-,19+,20+,21+,22-,23-,24+/m0/s1. The number of hydrogen-bond acceptors (Lipinski definition) is 3. The van der Waals surface area contributed by atoms with E-state index < -0.39 is 5.60 Å². The monoisotopic (exact) mass is 381 g/mol. The van der Waals surface area contributed by atoms with E-state index in [2.05, 4.69) is 29.8 Å². The molecule has 3 fully saturated rings. The summed E-state index contributed by atoms with van der Waals surface area (Å²) in [6.45, 7) is 9.83. The van der Waals surface area contributed by atoms with Crippen molar-refractivity contribution in [2.45, 2.75) is 77.4 Å². The summed E-state index contributed by atoms with van der Waals surface area (Å²) in [5, 5.41) is 19.1. The Morgan fingerprint density at radius 2 is 1.93 bits per heavy atom. The van der Waals surface area contributed by atoms with Gasteiger partial charge in [-0.1, -0.05) is 30.7 Å². The molecule has 0 bridgehead atoms. The molecule has 1 N–H and O–H groups in total. The van der Waals surface area contributed by atoms with Crippen LogP contribution in [0.5, 0.6) is 0 Å². The van der Waals surface area contributed by atoms with Gasteiger partial charge in [-0.15, -0.1) is 0 Å². The third kappa shape index (κ3) is 2.91. The third-order valence-electron chi connectivity index (χ3n) is 9.02. The second-order valence-corrected chi connectivity index (χ2v) is 10.7. The highest BCUT2D eigenvalue weighted by molar-refractivity contribution is 5.23. The molecule has 0 aromatic carbocycles. The van der Waals surface area contributed by atoms with E-state index in [4.69, 9.17) is 0 Å². The zero-order valence-corrected chi connectivity index (χ0v) is 17.5. The van der Waals surface area contributed by atoms with Gasteiger partial charge < -0.3 is 5.11 Å². The molecule has 1 aromatic heterocycles. The van der Waals surface area contributed by atoms with Crippen molar-refractivity contribution in [3.05, 3.63) is 36.2 Å². The molecule has 5 rings (SSSR count). The molecular formula is C24H35N3O. The zero-order valence-electron chi connectivity index (χ0n) is 17.5. The Kier molecular flexibility index (Phi) is 4.35. The van der Waals surface area contributed by atoms with Gasteiger partial charge in [0.2, 0.25) is 0 Å². The van der Waals surface area contributed by atoms with Gasteiger partial charge in [-0.25, -0.2) is 0 Å². The maximum atomic E-state index is 10.5. The van der Waals surface area contributed by atoms with Gasteiger partial charge in [0.25, 0.3) is 0 Å². The van der Waals surface area contributed by atoms with E-state index in [0.717, 1.165) is 43.1 Å². The van der Waals surface area contributed by atoms with Crippen LogP contribution in [-0.2, 0) is 6.54 Å². The average molecular weight is 382 g/mol. The number of fused-ring (bicyclic) bond motifs is 5. The van der Waals surface area contributed by atoms with Crippen LogP contribution in [0.15, 0.2) is 36.2 Å². The molecule has 0 saturated heterocycles. The summed E-state index contributed by atoms with van der Waals surface area (Å²) >= 11 is 0. The van der Waals surface area contributed by atoms with E-state index in [1.165, 1.54) is 44.1 Å². The number of rotatable bonds is 3. The SMILES string of the molecule is C=C(Cn1nccn1)[C@H]1CC[C@H]2[C@@H]3CC=C4C[C@@](C)(O)CC[C@@H]4[C@H]3CC[C@]12C. The number of nitrogens with zero attached hydrogens (tertiary/aromatic N) is 3. The maximum absolute atomic E-state index is 10.5. The normalized spacial score (nSPS) is 45.0. The van der Waals surface area contributed by atoms with Crippen LogP contribution >= 0.6 is 0 Å². The Morgan fingerprint density at radius 3 is 2.71 bits per heavy atom. The summed E-state index contributed by atoms with van der Waals surface area (Å²) < 4.78 is 0. The van der Waals surface area contributed by atoms with Crippen LogP contribution in [-0.4, -0.2) is 25.7 Å². The van der Waals surface area contributed by atoms with Gasteiger partial charge in [0.15, 0.2) is 0 Å². The highest BCUT2D eigenvalue weighted by Crippen LogP contribution is 2.64. The first-order valence-corrected chi connectivity index (χ1v) is 11.3. The first-order chi connectivity index (χ1) is 13.4. The lowest BCUT2D eigenvalue weighted by Crippen LogP contribution is -2.47. The number of hydrogen-bond donors (Lipinski definition) is 1. The van der Waals surface area contributed by atoms with Crippen LogP contribution < -0.4 is 0 Å². The Hall–Kier alpha value is -1.42. The lowest BCUT2D eigenvalue weighted by molar-refractivity contribution is -0.0293. The molecule has 0 amide bonds. The molecule has 28 heavy (non-hydrogen) atoms. The van der Waals surface area contributed by atoms with E-state index in [-0.39, 0.29) is 0 Å². The molecule has 3 saturated carbocycles. The highest BCUT2D eigenvalue weighted by atomic mass is 16.3. The largest absolute Gasteiger partial charge is 0.390 e. The van der Waals surface area contributed by atoms with Crippen LogP contribution in [0.25, 0.3) is 0 Å². The lowest BCUT2D eigenvalue weighted by Gasteiger charge is -2.54. The molecule has 7 atom stereocenters. The fourth-order valence-electron chi connectivity index (χ4n) is 7.75. The minimum Gasteiger partial charge on any atom is -0.390 e. The van der Waals surface area contributed by atoms with E-state index in [0.29, 0.717) is 11.3 Å². The number of allylic oxidation sites excluding steroid dienone is 2. The smallest absolute Gasteiger partial charge is 0.0817 e. The molecule has 1 aromatic rings. The van der Waals surface area contributed by atoms with E-state index >= 15 is 0 Å². The highest BCUT2D eigenvalue weighted by Gasteiger charge is 2.56. The molecule has 4 heteroatoms. The predicted molar refractivity (Wildman–Crippen MR) is 110 cm³/mol. The summed E-state index contributed by atoms with van der Waals surface area (Å²) in [5.41, 5.74) is 2.80. The van der Waals surface area contributed by atoms with Gasteiger partial charge in [-0.05, 0) is 93.3 Å². The minimum atomic E-state index is -0.477. The second kappa shape index (κ2) is 6.55. The lowest BCUT2D eigenvalue weighted by atomic mass is 9.51. The van der Waals surface area contributed by atoms with Gasteiger partial charge in [-0.3, -0.25) is 0 Å². The molecular weight excluding hydrogens is 346 g/mol. The molecule has 0 unspecified atom stereocenters. The summed E-state index contributed by atoms with van der Waals surface area (Å²) in [7, 11) is 0. The molecule has 0 aliphatic heterocycles. The first kappa shape index (κ1) is 18.6. The Balaban J connectivity index is 1.35. The Labute approximate surface area is 169 Å². The summed E-state index contributed by atoms with van der Waals surface area (Å²) in [4.78, 5) is 1.79. The molecule has 4 aliphatic carbocycles. The van der Waals surface area contributed by atoms with Crippen molar-refractivity contribution in [2.24, 2.45) is 35.0 Å². The van der Waals surface area contributed by atoms with Crippen molar-refractivity contribution in [1.29, 1.82) is 0 Å². The fourth-order valence-corrected chi connectivity index (χ4v) is 7.75. The minimum absolute atomic E-state index is 0.386. The van der Waals surface area contributed by atoms with Crippen LogP contribution in [0.3, 0.4) is 0 Å². The van der Waals surface area contributed by atoms with Crippen molar-refractivity contribution < 1.29 is 5.11 Å². The van der Waals surface area contributed by atoms with Crippen molar-refractivity contribution in [1.82, 2.24) is 15.0 Å². The molecule has 0 radical (unpaired) electrons. The van der Waals surface area contributed by atoms with Crippen LogP contribution in [0.1, 0.15) is 65.2 Å². The van der Waals surface area contributed by atoms with E-state index in [1.807, 2.05) is 6.92 Å². The summed E-state index contributed by atoms with van der Waals surface area (Å²) in [6, 6.07) is 0. The van der Waals surface area contributed by atoms with Crippen LogP contribution in [0, 0.1) is 35.0 Å². The molecule has 152 valence electrons. The Bertz CT molecular complexity index is 780. The average Bonchev–Trinajstić information content (AvgIpc) is 3.27. The second-order valence-electron chi connectivity index (χ2n) is 10.7. The number of aliphatic hydroxyl groups is 1. The number of aromatic nitrogens is 3. The van der Waals surface area contributed by atoms with Crippen molar-refractivity contribution in [3.8, 4) is 0 Å². The molecule has 1 heterocycles. The van der Waals surface area contributed by atoms with Crippen molar-refractivity contribution in [3.63, 3.8) is 0 Å². The molecule has 4 aliphatic rings. The zero-order chi connectivity index (χ0) is 19.5. The van der Waals surface area contributed by atoms with Crippen LogP contribution in [0.4, 0.5) is 0 Å². The molecule has 0 spiro atoms. The third-order valence-corrected chi connectivity index (χ3v) is 9.02. The van der Waals surface area contributed by atoms with Gasteiger partial charge in [0.05, 0.1) is 24.5 Å². The van der Waals surface area contributed by atoms with E-state index in [9.17, 15) is 5.11 Å². The van der Waals surface area contributed by atoms with Gasteiger partial charge in [0.1, 0.15) is 0 Å². The quantitative estimate of drug-likeness (QED) is 0.767. The Morgan fingerprint density at radius 1 is 1.14 bits per heavy atom. The maximum Gasteiger partial charge on any atom is 0.0817 e.